The van der Waals surface area contributed by atoms with Gasteiger partial charge in [0.25, 0.3) is 0 Å². The van der Waals surface area contributed by atoms with Crippen LogP contribution < -0.4 is 0 Å². The molecule has 2 rings (SSSR count). The van der Waals surface area contributed by atoms with Gasteiger partial charge in [-0.2, -0.15) is 0 Å². The van der Waals surface area contributed by atoms with Crippen molar-refractivity contribution in [1.82, 2.24) is 0 Å². The lowest BCUT2D eigenvalue weighted by atomic mass is 9.93. The first-order valence-electron chi connectivity index (χ1n) is 5.37. The Bertz CT molecular complexity index is 451. The summed E-state index contributed by atoms with van der Waals surface area (Å²) in [5, 5.41) is 0. The standard InChI is InChI=1S/C13H12BrFO/c14-10-6-7-11(12(15)8-10)13(16)9-4-2-1-3-5-9/h4,6-8H,1-3,5H2. The maximum Gasteiger partial charge on any atom is 0.191 e. The van der Waals surface area contributed by atoms with Crippen molar-refractivity contribution in [3.05, 3.63) is 45.7 Å². The second-order valence-corrected chi connectivity index (χ2v) is 4.84. The fraction of sp³-hybridized carbons (Fsp3) is 0.308. The molecule has 0 N–H and O–H groups in total. The van der Waals surface area contributed by atoms with Crippen LogP contribution in [0.1, 0.15) is 36.0 Å². The summed E-state index contributed by atoms with van der Waals surface area (Å²) in [6, 6.07) is 4.56. The third-order valence-corrected chi connectivity index (χ3v) is 3.25. The highest BCUT2D eigenvalue weighted by Crippen LogP contribution is 2.23. The molecule has 1 aromatic carbocycles. The van der Waals surface area contributed by atoms with Crippen molar-refractivity contribution in [2.75, 3.05) is 0 Å². The number of ketones is 1. The predicted molar refractivity (Wildman–Crippen MR) is 65.0 cm³/mol. The summed E-state index contributed by atoms with van der Waals surface area (Å²) in [4.78, 5) is 12.0. The van der Waals surface area contributed by atoms with Crippen molar-refractivity contribution >= 4 is 21.7 Å². The molecule has 0 bridgehead atoms. The SMILES string of the molecule is O=C(C1=CCCCC1)c1ccc(Br)cc1F. The maximum absolute atomic E-state index is 13.6. The van der Waals surface area contributed by atoms with E-state index in [-0.39, 0.29) is 11.3 Å². The first kappa shape index (κ1) is 11.5. The van der Waals surface area contributed by atoms with Crippen LogP contribution in [0.4, 0.5) is 4.39 Å². The van der Waals surface area contributed by atoms with E-state index in [0.717, 1.165) is 31.3 Å². The monoisotopic (exact) mass is 282 g/mol. The maximum atomic E-state index is 13.6. The molecule has 1 aliphatic carbocycles. The molecule has 0 spiro atoms. The number of carbonyl (C=O) groups is 1. The summed E-state index contributed by atoms with van der Waals surface area (Å²) in [6.07, 6.45) is 5.79. The van der Waals surface area contributed by atoms with Crippen molar-refractivity contribution in [3.8, 4) is 0 Å². The quantitative estimate of drug-likeness (QED) is 0.741. The number of Topliss-reactive ketones (excluding diaryl/α,β-unsaturated/α-hetero) is 1. The summed E-state index contributed by atoms with van der Waals surface area (Å²) >= 11 is 3.18. The zero-order valence-electron chi connectivity index (χ0n) is 8.80. The minimum Gasteiger partial charge on any atom is -0.289 e. The molecule has 0 saturated carbocycles. The molecule has 0 atom stereocenters. The number of carbonyl (C=O) groups excluding carboxylic acids is 1. The number of rotatable bonds is 2. The highest BCUT2D eigenvalue weighted by Gasteiger charge is 2.17. The van der Waals surface area contributed by atoms with E-state index < -0.39 is 5.82 Å². The molecule has 0 unspecified atom stereocenters. The Morgan fingerprint density at radius 2 is 2.12 bits per heavy atom. The van der Waals surface area contributed by atoms with E-state index >= 15 is 0 Å². The van der Waals surface area contributed by atoms with Crippen LogP contribution in [0.15, 0.2) is 34.3 Å². The van der Waals surface area contributed by atoms with E-state index in [0.29, 0.717) is 4.47 Å². The molecular formula is C13H12BrFO. The van der Waals surface area contributed by atoms with Crippen LogP contribution in [0.5, 0.6) is 0 Å². The molecule has 1 aromatic rings. The Morgan fingerprint density at radius 3 is 2.75 bits per heavy atom. The van der Waals surface area contributed by atoms with E-state index in [4.69, 9.17) is 0 Å². The summed E-state index contributed by atoms with van der Waals surface area (Å²) in [7, 11) is 0. The van der Waals surface area contributed by atoms with Gasteiger partial charge < -0.3 is 0 Å². The molecule has 0 fully saturated rings. The molecule has 0 amide bonds. The Balaban J connectivity index is 2.30. The van der Waals surface area contributed by atoms with E-state index in [1.54, 1.807) is 6.07 Å². The zero-order chi connectivity index (χ0) is 11.5. The third-order valence-electron chi connectivity index (χ3n) is 2.76. The molecule has 1 aliphatic rings. The summed E-state index contributed by atoms with van der Waals surface area (Å²) < 4.78 is 14.2. The second-order valence-electron chi connectivity index (χ2n) is 3.93. The van der Waals surface area contributed by atoms with E-state index in [1.807, 2.05) is 6.08 Å². The molecule has 0 aliphatic heterocycles. The van der Waals surface area contributed by atoms with Gasteiger partial charge in [0.2, 0.25) is 0 Å². The van der Waals surface area contributed by atoms with E-state index in [1.165, 1.54) is 12.1 Å². The fourth-order valence-corrected chi connectivity index (χ4v) is 2.22. The van der Waals surface area contributed by atoms with Gasteiger partial charge in [0.15, 0.2) is 5.78 Å². The van der Waals surface area contributed by atoms with Crippen LogP contribution >= 0.6 is 15.9 Å². The van der Waals surface area contributed by atoms with Gasteiger partial charge in [-0.15, -0.1) is 0 Å². The van der Waals surface area contributed by atoms with Crippen molar-refractivity contribution in [3.63, 3.8) is 0 Å². The van der Waals surface area contributed by atoms with Crippen LogP contribution in [0.25, 0.3) is 0 Å². The van der Waals surface area contributed by atoms with Gasteiger partial charge in [-0.1, -0.05) is 22.0 Å². The summed E-state index contributed by atoms with van der Waals surface area (Å²) in [6.45, 7) is 0. The Morgan fingerprint density at radius 1 is 1.31 bits per heavy atom. The Labute approximate surface area is 102 Å². The van der Waals surface area contributed by atoms with Crippen LogP contribution in [-0.4, -0.2) is 5.78 Å². The van der Waals surface area contributed by atoms with Gasteiger partial charge in [-0.3, -0.25) is 4.79 Å². The van der Waals surface area contributed by atoms with E-state index in [9.17, 15) is 9.18 Å². The first-order valence-corrected chi connectivity index (χ1v) is 6.16. The molecule has 1 nitrogen and oxygen atoms in total. The third kappa shape index (κ3) is 2.40. The molecule has 84 valence electrons. The minimum absolute atomic E-state index is 0.162. The largest absolute Gasteiger partial charge is 0.289 e. The average molecular weight is 283 g/mol. The molecule has 0 aromatic heterocycles. The first-order chi connectivity index (χ1) is 7.68. The van der Waals surface area contributed by atoms with Gasteiger partial charge in [0.1, 0.15) is 5.82 Å². The molecule has 16 heavy (non-hydrogen) atoms. The Kier molecular flexibility index (Phi) is 3.54. The topological polar surface area (TPSA) is 17.1 Å². The molecular weight excluding hydrogens is 271 g/mol. The molecule has 0 saturated heterocycles. The zero-order valence-corrected chi connectivity index (χ0v) is 10.4. The van der Waals surface area contributed by atoms with Gasteiger partial charge in [-0.25, -0.2) is 4.39 Å². The number of halogens is 2. The van der Waals surface area contributed by atoms with Crippen LogP contribution in [0, 0.1) is 5.82 Å². The van der Waals surface area contributed by atoms with Crippen molar-refractivity contribution < 1.29 is 9.18 Å². The van der Waals surface area contributed by atoms with Crippen LogP contribution in [0.2, 0.25) is 0 Å². The molecule has 3 heteroatoms. The lowest BCUT2D eigenvalue weighted by Gasteiger charge is -2.11. The number of allylic oxidation sites excluding steroid dienone is 2. The van der Waals surface area contributed by atoms with Gasteiger partial charge in [0, 0.05) is 4.47 Å². The van der Waals surface area contributed by atoms with Gasteiger partial charge in [-0.05, 0) is 49.5 Å². The van der Waals surface area contributed by atoms with E-state index in [2.05, 4.69) is 15.9 Å². The van der Waals surface area contributed by atoms with Gasteiger partial charge in [0.05, 0.1) is 5.56 Å². The predicted octanol–water partition coefficient (Wildman–Crippen LogP) is 4.27. The smallest absolute Gasteiger partial charge is 0.191 e. The highest BCUT2D eigenvalue weighted by atomic mass is 79.9. The Hall–Kier alpha value is -0.960. The van der Waals surface area contributed by atoms with Crippen molar-refractivity contribution in [2.45, 2.75) is 25.7 Å². The summed E-state index contributed by atoms with van der Waals surface area (Å²) in [5.41, 5.74) is 0.934. The highest BCUT2D eigenvalue weighted by molar-refractivity contribution is 9.10. The molecule has 0 heterocycles. The van der Waals surface area contributed by atoms with Crippen LogP contribution in [-0.2, 0) is 0 Å². The fourth-order valence-electron chi connectivity index (χ4n) is 1.89. The lowest BCUT2D eigenvalue weighted by molar-refractivity contribution is 0.102. The normalized spacial score (nSPS) is 15.8. The number of benzene rings is 1. The summed E-state index contributed by atoms with van der Waals surface area (Å²) in [5.74, 6) is -0.615. The van der Waals surface area contributed by atoms with Gasteiger partial charge >= 0.3 is 0 Å². The lowest BCUT2D eigenvalue weighted by Crippen LogP contribution is -2.08. The number of hydrogen-bond acceptors (Lipinski definition) is 1. The van der Waals surface area contributed by atoms with Crippen molar-refractivity contribution in [2.24, 2.45) is 0 Å². The number of hydrogen-bond donors (Lipinski definition) is 0. The average Bonchev–Trinajstić information content (AvgIpc) is 2.29. The van der Waals surface area contributed by atoms with Crippen molar-refractivity contribution in [1.29, 1.82) is 0 Å². The molecule has 0 radical (unpaired) electrons. The minimum atomic E-state index is -0.453. The second kappa shape index (κ2) is 4.91. The van der Waals surface area contributed by atoms with Crippen LogP contribution in [0.3, 0.4) is 0 Å².